The van der Waals surface area contributed by atoms with Crippen molar-refractivity contribution in [3.63, 3.8) is 0 Å². The normalized spacial score (nSPS) is 16.2. The fourth-order valence-corrected chi connectivity index (χ4v) is 3.26. The first kappa shape index (κ1) is 19.0. The molecule has 1 aliphatic heterocycles. The average molecular weight is 421 g/mol. The minimum absolute atomic E-state index is 0. The molecule has 5 nitrogen and oxygen atoms in total. The van der Waals surface area contributed by atoms with E-state index in [0.29, 0.717) is 13.0 Å². The van der Waals surface area contributed by atoms with Gasteiger partial charge in [0.1, 0.15) is 6.54 Å². The van der Waals surface area contributed by atoms with Crippen molar-refractivity contribution in [2.75, 3.05) is 19.6 Å². The fraction of sp³-hybridized carbons (Fsp3) is 0.562. The number of aliphatic carboxylic acids is 1. The highest BCUT2D eigenvalue weighted by atomic mass is 127. The molecular weight excluding hydrogens is 397 g/mol. The second kappa shape index (κ2) is 8.57. The minimum atomic E-state index is -0.742. The molecule has 0 radical (unpaired) electrons. The lowest BCUT2D eigenvalue weighted by atomic mass is 10.1. The highest BCUT2D eigenvalue weighted by Gasteiger charge is 2.32. The Morgan fingerprint density at radius 2 is 1.82 bits per heavy atom. The van der Waals surface area contributed by atoms with Gasteiger partial charge in [-0.15, -0.1) is 0 Å². The molecule has 0 aromatic heterocycles. The van der Waals surface area contributed by atoms with E-state index < -0.39 is 5.97 Å². The van der Waals surface area contributed by atoms with E-state index in [-0.39, 0.29) is 41.9 Å². The van der Waals surface area contributed by atoms with E-state index in [1.807, 2.05) is 6.07 Å². The second-order valence-corrected chi connectivity index (χ2v) is 6.01. The van der Waals surface area contributed by atoms with Gasteiger partial charge in [0.15, 0.2) is 11.5 Å². The van der Waals surface area contributed by atoms with Crippen molar-refractivity contribution in [3.05, 3.63) is 23.8 Å². The lowest BCUT2D eigenvalue weighted by Crippen LogP contribution is -3.00. The zero-order chi connectivity index (χ0) is 15.3. The number of hydrogen-bond donors (Lipinski definition) is 3. The molecular formula is C16H24INO4. The van der Waals surface area contributed by atoms with Crippen molar-refractivity contribution >= 4 is 5.97 Å². The maximum absolute atomic E-state index is 10.6. The maximum atomic E-state index is 10.6. The van der Waals surface area contributed by atoms with Gasteiger partial charge in [-0.05, 0) is 25.0 Å². The number of carboxylic acid groups (broad SMARTS) is 1. The number of aromatic hydroxyl groups is 2. The fourth-order valence-electron chi connectivity index (χ4n) is 3.26. The molecule has 2 rings (SSSR count). The molecule has 1 aliphatic rings. The minimum Gasteiger partial charge on any atom is -1.00 e. The zero-order valence-corrected chi connectivity index (χ0v) is 14.8. The molecule has 1 fully saturated rings. The summed E-state index contributed by atoms with van der Waals surface area (Å²) < 4.78 is 0.886. The number of para-hydroxylation sites is 1. The van der Waals surface area contributed by atoms with Gasteiger partial charge in [0, 0.05) is 19.3 Å². The van der Waals surface area contributed by atoms with Crippen LogP contribution < -0.4 is 24.0 Å². The SMILES string of the molecule is O=C(O)CCCC[N+]1(Cc2cccc(O)c2O)CCCC1.[I-]. The van der Waals surface area contributed by atoms with E-state index >= 15 is 0 Å². The van der Waals surface area contributed by atoms with Gasteiger partial charge in [-0.25, -0.2) is 0 Å². The summed E-state index contributed by atoms with van der Waals surface area (Å²) in [4.78, 5) is 10.6. The molecule has 0 atom stereocenters. The van der Waals surface area contributed by atoms with Crippen LogP contribution in [0.25, 0.3) is 0 Å². The summed E-state index contributed by atoms with van der Waals surface area (Å²) in [6.45, 7) is 3.75. The number of nitrogens with zero attached hydrogens (tertiary/aromatic N) is 1. The van der Waals surface area contributed by atoms with Crippen LogP contribution in [-0.2, 0) is 11.3 Å². The Bertz CT molecular complexity index is 501. The summed E-state index contributed by atoms with van der Waals surface area (Å²) >= 11 is 0. The monoisotopic (exact) mass is 421 g/mol. The molecule has 0 bridgehead atoms. The Hall–Kier alpha value is -1.02. The first-order valence-corrected chi connectivity index (χ1v) is 7.59. The van der Waals surface area contributed by atoms with Gasteiger partial charge in [-0.1, -0.05) is 6.07 Å². The molecule has 6 heteroatoms. The standard InChI is InChI=1S/C16H23NO4.HI/c18-14-7-5-6-13(16(14)21)12-17(10-3-4-11-17)9-2-1-8-15(19)20;/h5-7H,1-4,8-12H2,(H2-,18,19,20,21);1H. The average Bonchev–Trinajstić information content (AvgIpc) is 2.89. The van der Waals surface area contributed by atoms with Crippen LogP contribution in [0.15, 0.2) is 18.2 Å². The third-order valence-corrected chi connectivity index (χ3v) is 4.39. The predicted molar refractivity (Wildman–Crippen MR) is 79.1 cm³/mol. The molecule has 1 aromatic carbocycles. The molecule has 1 saturated heterocycles. The quantitative estimate of drug-likeness (QED) is 0.240. The van der Waals surface area contributed by atoms with E-state index in [9.17, 15) is 15.0 Å². The Labute approximate surface area is 148 Å². The molecule has 1 heterocycles. The van der Waals surface area contributed by atoms with Gasteiger partial charge in [-0.2, -0.15) is 0 Å². The lowest BCUT2D eigenvalue weighted by Gasteiger charge is -2.34. The number of carboxylic acids is 1. The van der Waals surface area contributed by atoms with E-state index in [0.717, 1.165) is 36.1 Å². The number of benzene rings is 1. The molecule has 0 aliphatic carbocycles. The number of quaternary nitrogens is 1. The van der Waals surface area contributed by atoms with Crippen molar-refractivity contribution in [3.8, 4) is 11.5 Å². The second-order valence-electron chi connectivity index (χ2n) is 6.01. The number of unbranched alkanes of at least 4 members (excludes halogenated alkanes) is 1. The predicted octanol–water partition coefficient (Wildman–Crippen LogP) is -0.533. The largest absolute Gasteiger partial charge is 1.00 e. The topological polar surface area (TPSA) is 77.8 Å². The third kappa shape index (κ3) is 5.01. The summed E-state index contributed by atoms with van der Waals surface area (Å²) in [7, 11) is 0. The van der Waals surface area contributed by atoms with Gasteiger partial charge < -0.3 is 43.8 Å². The first-order valence-electron chi connectivity index (χ1n) is 7.59. The van der Waals surface area contributed by atoms with Crippen LogP contribution >= 0.6 is 0 Å². The molecule has 3 N–H and O–H groups in total. The summed E-state index contributed by atoms with van der Waals surface area (Å²) in [5.41, 5.74) is 0.773. The zero-order valence-electron chi connectivity index (χ0n) is 12.7. The van der Waals surface area contributed by atoms with Crippen LogP contribution in [-0.4, -0.2) is 45.4 Å². The summed E-state index contributed by atoms with van der Waals surface area (Å²) in [6, 6.07) is 5.09. The lowest BCUT2D eigenvalue weighted by molar-refractivity contribution is -0.930. The van der Waals surface area contributed by atoms with Crippen LogP contribution in [0.5, 0.6) is 11.5 Å². The number of halogens is 1. The van der Waals surface area contributed by atoms with E-state index in [1.54, 1.807) is 6.07 Å². The van der Waals surface area contributed by atoms with Crippen molar-refractivity contribution in [2.24, 2.45) is 0 Å². The molecule has 0 spiro atoms. The number of likely N-dealkylation sites (tertiary alicyclic amines) is 1. The van der Waals surface area contributed by atoms with Crippen LogP contribution in [0, 0.1) is 0 Å². The molecule has 0 amide bonds. The number of phenols is 2. The van der Waals surface area contributed by atoms with Gasteiger partial charge in [-0.3, -0.25) is 4.79 Å². The van der Waals surface area contributed by atoms with Gasteiger partial charge >= 0.3 is 5.97 Å². The number of carbonyl (C=O) groups is 1. The van der Waals surface area contributed by atoms with Crippen molar-refractivity contribution in [1.29, 1.82) is 0 Å². The van der Waals surface area contributed by atoms with Crippen molar-refractivity contribution < 1.29 is 48.6 Å². The smallest absolute Gasteiger partial charge is 0.303 e. The molecule has 1 aromatic rings. The summed E-state index contributed by atoms with van der Waals surface area (Å²) in [5.74, 6) is -0.836. The van der Waals surface area contributed by atoms with Gasteiger partial charge in [0.25, 0.3) is 0 Å². The van der Waals surface area contributed by atoms with Crippen LogP contribution in [0.1, 0.15) is 37.7 Å². The summed E-state index contributed by atoms with van der Waals surface area (Å²) in [5, 5.41) is 28.3. The maximum Gasteiger partial charge on any atom is 0.303 e. The Balaban J connectivity index is 0.00000242. The molecule has 124 valence electrons. The van der Waals surface area contributed by atoms with Crippen molar-refractivity contribution in [2.45, 2.75) is 38.6 Å². The summed E-state index contributed by atoms with van der Waals surface area (Å²) in [6.07, 6.45) is 4.13. The van der Waals surface area contributed by atoms with Crippen molar-refractivity contribution in [1.82, 2.24) is 0 Å². The van der Waals surface area contributed by atoms with Gasteiger partial charge in [0.2, 0.25) is 0 Å². The Morgan fingerprint density at radius 1 is 1.14 bits per heavy atom. The Morgan fingerprint density at radius 3 is 2.45 bits per heavy atom. The third-order valence-electron chi connectivity index (χ3n) is 4.39. The van der Waals surface area contributed by atoms with E-state index in [2.05, 4.69) is 0 Å². The molecule has 22 heavy (non-hydrogen) atoms. The van der Waals surface area contributed by atoms with E-state index in [4.69, 9.17) is 5.11 Å². The van der Waals surface area contributed by atoms with Gasteiger partial charge in [0.05, 0.1) is 25.2 Å². The Kier molecular flexibility index (Phi) is 7.41. The van der Waals surface area contributed by atoms with Crippen LogP contribution in [0.2, 0.25) is 0 Å². The first-order chi connectivity index (χ1) is 10.0. The van der Waals surface area contributed by atoms with E-state index in [1.165, 1.54) is 18.9 Å². The van der Waals surface area contributed by atoms with Crippen LogP contribution in [0.4, 0.5) is 0 Å². The highest BCUT2D eigenvalue weighted by Crippen LogP contribution is 2.33. The number of phenolic OH excluding ortho intramolecular Hbond substituents is 2. The number of hydrogen-bond acceptors (Lipinski definition) is 3. The number of rotatable bonds is 7. The molecule has 0 unspecified atom stereocenters. The molecule has 0 saturated carbocycles. The van der Waals surface area contributed by atoms with Crippen LogP contribution in [0.3, 0.4) is 0 Å². The highest BCUT2D eigenvalue weighted by molar-refractivity contribution is 5.66.